The van der Waals surface area contributed by atoms with Crippen LogP contribution >= 0.6 is 0 Å². The van der Waals surface area contributed by atoms with Gasteiger partial charge in [0.05, 0.1) is 12.7 Å². The van der Waals surface area contributed by atoms with Crippen LogP contribution in [0.1, 0.15) is 95.4 Å². The predicted molar refractivity (Wildman–Crippen MR) is 291 cm³/mol. The molecule has 5 rings (SSSR count). The molecule has 426 valence electrons. The van der Waals surface area contributed by atoms with Gasteiger partial charge in [-0.1, -0.05) is 68.3 Å². The van der Waals surface area contributed by atoms with E-state index in [0.717, 1.165) is 10.9 Å². The van der Waals surface area contributed by atoms with Crippen molar-refractivity contribution in [2.45, 2.75) is 146 Å². The molecule has 17 N–H and O–H groups in total. The van der Waals surface area contributed by atoms with Crippen molar-refractivity contribution in [3.05, 3.63) is 90.1 Å². The average molecular weight is 1100 g/mol. The molecule has 79 heavy (non-hydrogen) atoms. The van der Waals surface area contributed by atoms with E-state index in [4.69, 9.17) is 17.2 Å². The van der Waals surface area contributed by atoms with Gasteiger partial charge in [0.1, 0.15) is 48.3 Å². The molecule has 8 atom stereocenters. The summed E-state index contributed by atoms with van der Waals surface area (Å²) in [6.07, 6.45) is 5.38. The number of para-hydroxylation sites is 1. The van der Waals surface area contributed by atoms with Gasteiger partial charge in [-0.05, 0) is 62.6 Å². The number of rotatable bonds is 17. The van der Waals surface area contributed by atoms with Crippen LogP contribution in [-0.4, -0.2) is 141 Å². The van der Waals surface area contributed by atoms with Crippen molar-refractivity contribution in [2.75, 3.05) is 13.1 Å². The largest absolute Gasteiger partial charge is 0.370 e. The van der Waals surface area contributed by atoms with Crippen LogP contribution in [0.15, 0.2) is 78.3 Å². The first-order valence-corrected chi connectivity index (χ1v) is 26.4. The average Bonchev–Trinajstić information content (AvgIpc) is 4.10. The zero-order valence-corrected chi connectivity index (χ0v) is 44.7. The number of benzene rings is 2. The number of nitrogens with two attached hydrogens (primary N) is 3. The first-order chi connectivity index (χ1) is 37.8. The van der Waals surface area contributed by atoms with Gasteiger partial charge < -0.3 is 75.0 Å². The number of hydrogen-bond donors (Lipinski definition) is 14. The number of imidazole rings is 1. The van der Waals surface area contributed by atoms with Crippen LogP contribution in [-0.2, 0) is 67.2 Å². The summed E-state index contributed by atoms with van der Waals surface area (Å²) in [5, 5.41) is 24.8. The Hall–Kier alpha value is -8.84. The van der Waals surface area contributed by atoms with Crippen LogP contribution in [0, 0.1) is 0 Å². The molecule has 2 aromatic heterocycles. The van der Waals surface area contributed by atoms with Crippen LogP contribution < -0.4 is 65.1 Å². The summed E-state index contributed by atoms with van der Waals surface area (Å²) >= 11 is 0. The highest BCUT2D eigenvalue weighted by molar-refractivity contribution is 5.99. The molecule has 1 fully saturated rings. The Bertz CT molecular complexity index is 2760. The lowest BCUT2D eigenvalue weighted by Gasteiger charge is -2.28. The number of carbonyl (C=O) groups is 10. The SMILES string of the molecule is CCCCC(NC(C)=O)C(=O)N[C@@H]1CC(=O)NCCCC[C@@H](C(N)=O)NC(=O)[C@H](C)NC(=O)C(Cc2c[nH]c3ccccc23)NC(=O)[C@H](CCCN=C(N)N)NC(=O)[C@@H](Cc2ccccc2)NC(=O)[C@H](Cc2cnc[nH]2)NC1=O. The number of carbonyl (C=O) groups excluding carboxylic acids is 10. The quantitative estimate of drug-likeness (QED) is 0.0318. The summed E-state index contributed by atoms with van der Waals surface area (Å²) in [6, 6.07) is 5.07. The number of aromatic amines is 2. The van der Waals surface area contributed by atoms with Gasteiger partial charge in [-0.2, -0.15) is 0 Å². The summed E-state index contributed by atoms with van der Waals surface area (Å²) < 4.78 is 0. The van der Waals surface area contributed by atoms with E-state index in [0.29, 0.717) is 29.7 Å². The minimum Gasteiger partial charge on any atom is -0.370 e. The van der Waals surface area contributed by atoms with Crippen molar-refractivity contribution in [2.24, 2.45) is 22.2 Å². The second-order valence-electron chi connectivity index (χ2n) is 19.4. The fourth-order valence-electron chi connectivity index (χ4n) is 8.80. The number of nitrogens with zero attached hydrogens (tertiary/aromatic N) is 2. The van der Waals surface area contributed by atoms with Gasteiger partial charge >= 0.3 is 0 Å². The zero-order chi connectivity index (χ0) is 57.4. The third-order valence-corrected chi connectivity index (χ3v) is 13.1. The zero-order valence-electron chi connectivity index (χ0n) is 44.7. The lowest BCUT2D eigenvalue weighted by molar-refractivity contribution is -0.136. The van der Waals surface area contributed by atoms with Gasteiger partial charge in [0.25, 0.3) is 0 Å². The van der Waals surface area contributed by atoms with Gasteiger partial charge in [0, 0.05) is 68.3 Å². The predicted octanol–water partition coefficient (Wildman–Crippen LogP) is -1.74. The first-order valence-electron chi connectivity index (χ1n) is 26.4. The number of guanidine groups is 1. The van der Waals surface area contributed by atoms with Crippen LogP contribution in [0.3, 0.4) is 0 Å². The highest BCUT2D eigenvalue weighted by atomic mass is 16.2. The number of amides is 10. The van der Waals surface area contributed by atoms with Crippen molar-refractivity contribution >= 4 is 75.9 Å². The molecule has 1 saturated heterocycles. The maximum Gasteiger partial charge on any atom is 0.243 e. The molecule has 0 saturated carbocycles. The Balaban J connectivity index is 1.56. The van der Waals surface area contributed by atoms with Gasteiger partial charge in [-0.25, -0.2) is 4.98 Å². The summed E-state index contributed by atoms with van der Waals surface area (Å²) in [7, 11) is 0. The highest BCUT2D eigenvalue weighted by Crippen LogP contribution is 2.20. The lowest BCUT2D eigenvalue weighted by Crippen LogP contribution is -2.61. The van der Waals surface area contributed by atoms with Crippen molar-refractivity contribution < 1.29 is 47.9 Å². The third-order valence-electron chi connectivity index (χ3n) is 13.1. The molecule has 10 amide bonds. The third kappa shape index (κ3) is 19.9. The van der Waals surface area contributed by atoms with Crippen LogP contribution in [0.4, 0.5) is 0 Å². The molecule has 26 heteroatoms. The second kappa shape index (κ2) is 30.8. The van der Waals surface area contributed by atoms with Crippen LogP contribution in [0.25, 0.3) is 10.9 Å². The van der Waals surface area contributed by atoms with E-state index in [1.165, 1.54) is 26.4 Å². The summed E-state index contributed by atoms with van der Waals surface area (Å²) in [6.45, 7) is 4.57. The smallest absolute Gasteiger partial charge is 0.243 e. The summed E-state index contributed by atoms with van der Waals surface area (Å²) in [5.41, 5.74) is 19.2. The minimum atomic E-state index is -1.61. The van der Waals surface area contributed by atoms with E-state index in [9.17, 15) is 47.9 Å². The number of hydrogen-bond acceptors (Lipinski definition) is 12. The fourth-order valence-corrected chi connectivity index (χ4v) is 8.80. The maximum atomic E-state index is 14.8. The van der Waals surface area contributed by atoms with E-state index in [1.807, 2.05) is 25.1 Å². The summed E-state index contributed by atoms with van der Waals surface area (Å²) in [4.78, 5) is 153. The Labute approximate surface area is 456 Å². The molecular formula is C53H74N16O10. The number of fused-ring (bicyclic) bond motifs is 1. The molecule has 0 spiro atoms. The van der Waals surface area contributed by atoms with Gasteiger partial charge in [-0.15, -0.1) is 0 Å². The number of aromatic nitrogens is 3. The molecule has 1 aliphatic rings. The molecule has 3 heterocycles. The van der Waals surface area contributed by atoms with E-state index in [-0.39, 0.29) is 76.8 Å². The van der Waals surface area contributed by atoms with Gasteiger partial charge in [-0.3, -0.25) is 52.9 Å². The number of nitrogens with one attached hydrogen (secondary N) is 11. The molecule has 2 unspecified atom stereocenters. The number of H-pyrrole nitrogens is 2. The molecule has 2 aromatic carbocycles. The van der Waals surface area contributed by atoms with E-state index in [1.54, 1.807) is 42.6 Å². The Kier molecular flexibility index (Phi) is 23.8. The molecular weight excluding hydrogens is 1020 g/mol. The van der Waals surface area contributed by atoms with Crippen LogP contribution in [0.2, 0.25) is 0 Å². The minimum absolute atomic E-state index is 0.0222. The fraction of sp³-hybridized carbons (Fsp3) is 0.472. The highest BCUT2D eigenvalue weighted by Gasteiger charge is 2.35. The molecule has 1 aliphatic heterocycles. The van der Waals surface area contributed by atoms with Gasteiger partial charge in [0.2, 0.25) is 59.1 Å². The van der Waals surface area contributed by atoms with E-state index in [2.05, 4.69) is 67.8 Å². The molecule has 0 radical (unpaired) electrons. The summed E-state index contributed by atoms with van der Waals surface area (Å²) in [5.74, 6) is -8.13. The van der Waals surface area contributed by atoms with E-state index >= 15 is 0 Å². The number of aliphatic imine (C=N–C) groups is 1. The number of primary amides is 1. The first kappa shape index (κ1) is 61.0. The van der Waals surface area contributed by atoms with Crippen molar-refractivity contribution in [3.8, 4) is 0 Å². The van der Waals surface area contributed by atoms with Crippen molar-refractivity contribution in [1.29, 1.82) is 0 Å². The molecule has 26 nitrogen and oxygen atoms in total. The number of unbranched alkanes of at least 4 members (excludes halogenated alkanes) is 1. The Morgan fingerprint density at radius 1 is 0.734 bits per heavy atom. The topological polar surface area (TPSA) is 414 Å². The Morgan fingerprint density at radius 2 is 1.38 bits per heavy atom. The monoisotopic (exact) mass is 1090 g/mol. The Morgan fingerprint density at radius 3 is 2.05 bits per heavy atom. The van der Waals surface area contributed by atoms with Crippen molar-refractivity contribution in [3.63, 3.8) is 0 Å². The lowest BCUT2D eigenvalue weighted by atomic mass is 10.0. The molecule has 4 aromatic rings. The van der Waals surface area contributed by atoms with Crippen LogP contribution in [0.5, 0.6) is 0 Å². The van der Waals surface area contributed by atoms with E-state index < -0.39 is 114 Å². The molecule has 0 bridgehead atoms. The maximum absolute atomic E-state index is 14.8. The second-order valence-corrected chi connectivity index (χ2v) is 19.4. The molecule has 0 aliphatic carbocycles. The normalized spacial score (nSPS) is 22.1. The van der Waals surface area contributed by atoms with Gasteiger partial charge in [0.15, 0.2) is 5.96 Å². The standard InChI is InChI=1S/C53H74N16O10/c1-4-5-17-38(63-31(3)70)47(74)69-43-26-44(71)58-21-12-11-19-37(45(54)72)64-46(73)30(2)62-49(76)41(24-33-27-60-36-18-10-9-16-35(33)36)67-48(75)39(20-13-22-59-53(55)56)65-50(77)40(23-32-14-7-6-8-15-32)66-51(78)42(68-52(43)79)25-34-28-57-29-61-34/h6-10,14-16,18,27-30,37-43,60H,4-5,11-13,17,19-26H2,1-3H3,(H2,54,72)(H,57,61)(H,58,71)(H,62,76)(H,63,70)(H,64,73)(H,65,77)(H,66,78)(H,67,75)(H,68,79)(H,69,74)(H4,55,56,59)/t30-,37-,38?,39-,40+,41?,42-,43+/m0/s1. The van der Waals surface area contributed by atoms with Crippen molar-refractivity contribution in [1.82, 2.24) is 62.8 Å².